The first-order chi connectivity index (χ1) is 11.5. The molecule has 0 radical (unpaired) electrons. The molecule has 124 valence electrons. The first-order valence-corrected chi connectivity index (χ1v) is 8.13. The van der Waals surface area contributed by atoms with E-state index in [0.29, 0.717) is 16.5 Å². The fourth-order valence-electron chi connectivity index (χ4n) is 2.69. The van der Waals surface area contributed by atoms with E-state index in [1.165, 1.54) is 0 Å². The lowest BCUT2D eigenvalue weighted by Gasteiger charge is -2.15. The summed E-state index contributed by atoms with van der Waals surface area (Å²) in [5, 5.41) is 12.7. The van der Waals surface area contributed by atoms with E-state index in [9.17, 15) is 5.11 Å². The van der Waals surface area contributed by atoms with Gasteiger partial charge in [-0.25, -0.2) is 0 Å². The smallest absolute Gasteiger partial charge is 0.180 e. The molecule has 3 rings (SSSR count). The fraction of sp³-hybridized carbons (Fsp3) is 0.200. The van der Waals surface area contributed by atoms with Crippen molar-refractivity contribution in [3.63, 3.8) is 0 Å². The molecule has 24 heavy (non-hydrogen) atoms. The predicted molar refractivity (Wildman–Crippen MR) is 97.9 cm³/mol. The number of rotatable bonds is 4. The zero-order valence-corrected chi connectivity index (χ0v) is 14.6. The SMILES string of the molecule is COc1cc(/C=C2\C=c3ccccc3=C2O)cc(Cl)c1OC(C)C. The molecule has 0 spiro atoms. The molecule has 0 unspecified atom stereocenters. The van der Waals surface area contributed by atoms with E-state index in [2.05, 4.69) is 0 Å². The lowest BCUT2D eigenvalue weighted by Crippen LogP contribution is -2.21. The zero-order valence-electron chi connectivity index (χ0n) is 13.8. The van der Waals surface area contributed by atoms with E-state index < -0.39 is 0 Å². The highest BCUT2D eigenvalue weighted by molar-refractivity contribution is 6.32. The van der Waals surface area contributed by atoms with Crippen LogP contribution in [0.15, 0.2) is 42.0 Å². The summed E-state index contributed by atoms with van der Waals surface area (Å²) in [4.78, 5) is 0. The Balaban J connectivity index is 2.06. The van der Waals surface area contributed by atoms with E-state index >= 15 is 0 Å². The summed E-state index contributed by atoms with van der Waals surface area (Å²) < 4.78 is 11.1. The summed E-state index contributed by atoms with van der Waals surface area (Å²) in [7, 11) is 1.58. The van der Waals surface area contributed by atoms with Crippen molar-refractivity contribution in [3.05, 3.63) is 63.0 Å². The van der Waals surface area contributed by atoms with Gasteiger partial charge in [-0.05, 0) is 48.9 Å². The molecule has 2 aromatic carbocycles. The van der Waals surface area contributed by atoms with Crippen molar-refractivity contribution < 1.29 is 14.6 Å². The van der Waals surface area contributed by atoms with Gasteiger partial charge in [0.1, 0.15) is 5.76 Å². The van der Waals surface area contributed by atoms with E-state index in [1.807, 2.05) is 56.3 Å². The van der Waals surface area contributed by atoms with Crippen molar-refractivity contribution >= 4 is 29.5 Å². The molecule has 0 saturated carbocycles. The standard InChI is InChI=1S/C20H19ClO3/c1-12(2)24-20-17(21)9-13(10-18(20)23-3)8-15-11-14-6-4-5-7-16(14)19(15)22/h4-12,22H,1-3H3/b15-8+. The largest absolute Gasteiger partial charge is 0.507 e. The minimum atomic E-state index is -0.00403. The normalized spacial score (nSPS) is 14.7. The minimum Gasteiger partial charge on any atom is -0.507 e. The highest BCUT2D eigenvalue weighted by atomic mass is 35.5. The van der Waals surface area contributed by atoms with Gasteiger partial charge in [0.05, 0.1) is 18.2 Å². The average molecular weight is 343 g/mol. The summed E-state index contributed by atoms with van der Waals surface area (Å²) in [6.45, 7) is 3.87. The van der Waals surface area contributed by atoms with Crippen LogP contribution in [0.1, 0.15) is 19.4 Å². The van der Waals surface area contributed by atoms with Gasteiger partial charge in [-0.1, -0.05) is 35.9 Å². The van der Waals surface area contributed by atoms with Crippen molar-refractivity contribution in [1.29, 1.82) is 0 Å². The van der Waals surface area contributed by atoms with E-state index in [0.717, 1.165) is 21.6 Å². The molecule has 3 nitrogen and oxygen atoms in total. The summed E-state index contributed by atoms with van der Waals surface area (Å²) >= 11 is 6.35. The molecular formula is C20H19ClO3. The Kier molecular flexibility index (Phi) is 4.54. The molecule has 0 fully saturated rings. The second kappa shape index (κ2) is 6.62. The van der Waals surface area contributed by atoms with Gasteiger partial charge >= 0.3 is 0 Å². The van der Waals surface area contributed by atoms with Crippen molar-refractivity contribution in [3.8, 4) is 11.5 Å². The van der Waals surface area contributed by atoms with Gasteiger partial charge in [-0.3, -0.25) is 0 Å². The number of benzene rings is 2. The van der Waals surface area contributed by atoms with Gasteiger partial charge < -0.3 is 14.6 Å². The minimum absolute atomic E-state index is 0.00403. The summed E-state index contributed by atoms with van der Waals surface area (Å²) in [6.07, 6.45) is 3.82. The molecule has 1 N–H and O–H groups in total. The highest BCUT2D eigenvalue weighted by Gasteiger charge is 2.14. The van der Waals surface area contributed by atoms with Crippen LogP contribution in [-0.4, -0.2) is 18.3 Å². The van der Waals surface area contributed by atoms with Gasteiger partial charge in [0.15, 0.2) is 11.5 Å². The number of methoxy groups -OCH3 is 1. The van der Waals surface area contributed by atoms with Crippen LogP contribution in [0.2, 0.25) is 5.02 Å². The second-order valence-corrected chi connectivity index (χ2v) is 6.29. The number of aliphatic hydroxyl groups excluding tert-OH is 1. The van der Waals surface area contributed by atoms with Crippen LogP contribution in [0.5, 0.6) is 11.5 Å². The zero-order chi connectivity index (χ0) is 17.3. The molecule has 1 aliphatic rings. The summed E-state index contributed by atoms with van der Waals surface area (Å²) in [5.74, 6) is 1.37. The monoisotopic (exact) mass is 342 g/mol. The Morgan fingerprint density at radius 2 is 1.92 bits per heavy atom. The molecular weight excluding hydrogens is 324 g/mol. The Labute approximate surface area is 146 Å². The average Bonchev–Trinajstić information content (AvgIpc) is 2.86. The number of halogens is 1. The number of hydrogen-bond donors (Lipinski definition) is 1. The third-order valence-corrected chi connectivity index (χ3v) is 4.01. The van der Waals surface area contributed by atoms with Crippen LogP contribution in [0.4, 0.5) is 0 Å². The Morgan fingerprint density at radius 1 is 1.17 bits per heavy atom. The van der Waals surface area contributed by atoms with Crippen LogP contribution in [0, 0.1) is 0 Å². The second-order valence-electron chi connectivity index (χ2n) is 5.88. The highest BCUT2D eigenvalue weighted by Crippen LogP contribution is 2.38. The lowest BCUT2D eigenvalue weighted by molar-refractivity contribution is 0.230. The molecule has 0 aromatic heterocycles. The fourth-order valence-corrected chi connectivity index (χ4v) is 2.96. The molecule has 0 saturated heterocycles. The van der Waals surface area contributed by atoms with Crippen LogP contribution >= 0.6 is 11.6 Å². The molecule has 0 bridgehead atoms. The quantitative estimate of drug-likeness (QED) is 0.921. The summed E-state index contributed by atoms with van der Waals surface area (Å²) in [5.41, 5.74) is 1.57. The maximum atomic E-state index is 10.4. The van der Waals surface area contributed by atoms with Crippen molar-refractivity contribution in [1.82, 2.24) is 0 Å². The van der Waals surface area contributed by atoms with Crippen LogP contribution < -0.4 is 19.9 Å². The third-order valence-electron chi connectivity index (χ3n) is 3.73. The molecule has 0 atom stereocenters. The van der Waals surface area contributed by atoms with Crippen molar-refractivity contribution in [2.75, 3.05) is 7.11 Å². The molecule has 0 aliphatic heterocycles. The number of fused-ring (bicyclic) bond motifs is 1. The topological polar surface area (TPSA) is 38.7 Å². The van der Waals surface area contributed by atoms with Gasteiger partial charge in [-0.2, -0.15) is 0 Å². The molecule has 1 aliphatic carbocycles. The lowest BCUT2D eigenvalue weighted by atomic mass is 10.1. The molecule has 2 aromatic rings. The maximum Gasteiger partial charge on any atom is 0.180 e. The Hall–Kier alpha value is -2.39. The van der Waals surface area contributed by atoms with Crippen LogP contribution in [-0.2, 0) is 0 Å². The first kappa shape index (κ1) is 16.5. The Morgan fingerprint density at radius 3 is 2.58 bits per heavy atom. The van der Waals surface area contributed by atoms with Gasteiger partial charge in [0.2, 0.25) is 0 Å². The van der Waals surface area contributed by atoms with Crippen LogP contribution in [0.25, 0.3) is 17.9 Å². The first-order valence-electron chi connectivity index (χ1n) is 7.76. The van der Waals surface area contributed by atoms with E-state index in [1.54, 1.807) is 13.2 Å². The molecule has 0 amide bonds. The molecule has 4 heteroatoms. The predicted octanol–water partition coefficient (Wildman–Crippen LogP) is 3.68. The van der Waals surface area contributed by atoms with Crippen molar-refractivity contribution in [2.24, 2.45) is 0 Å². The maximum absolute atomic E-state index is 10.4. The summed E-state index contributed by atoms with van der Waals surface area (Å²) in [6, 6.07) is 11.4. The van der Waals surface area contributed by atoms with Gasteiger partial charge in [0.25, 0.3) is 0 Å². The van der Waals surface area contributed by atoms with E-state index in [4.69, 9.17) is 21.1 Å². The third kappa shape index (κ3) is 3.13. The van der Waals surface area contributed by atoms with Crippen LogP contribution in [0.3, 0.4) is 0 Å². The van der Waals surface area contributed by atoms with Crippen molar-refractivity contribution in [2.45, 2.75) is 20.0 Å². The molecule has 0 heterocycles. The van der Waals surface area contributed by atoms with E-state index in [-0.39, 0.29) is 11.9 Å². The number of hydrogen-bond acceptors (Lipinski definition) is 3. The number of aliphatic hydroxyl groups is 1. The van der Waals surface area contributed by atoms with Gasteiger partial charge in [0, 0.05) is 10.8 Å². The Bertz CT molecular complexity index is 926. The number of ether oxygens (including phenoxy) is 2. The van der Waals surface area contributed by atoms with Gasteiger partial charge in [-0.15, -0.1) is 0 Å².